The smallest absolute Gasteiger partial charge is 0.407 e. The van der Waals surface area contributed by atoms with Gasteiger partial charge in [-0.15, -0.1) is 0 Å². The molecule has 2 aromatic rings. The summed E-state index contributed by atoms with van der Waals surface area (Å²) in [6, 6.07) is 5.38. The number of rotatable bonds is 7. The molecule has 2 heterocycles. The van der Waals surface area contributed by atoms with E-state index < -0.39 is 11.7 Å². The minimum absolute atomic E-state index is 0.200. The van der Waals surface area contributed by atoms with Gasteiger partial charge in [-0.2, -0.15) is 0 Å². The summed E-state index contributed by atoms with van der Waals surface area (Å²) in [6.07, 6.45) is 4.01. The third-order valence-corrected chi connectivity index (χ3v) is 5.42. The fourth-order valence-electron chi connectivity index (χ4n) is 3.14. The molecule has 0 spiro atoms. The van der Waals surface area contributed by atoms with Crippen molar-refractivity contribution < 1.29 is 9.53 Å². The molecule has 0 saturated heterocycles. The zero-order valence-corrected chi connectivity index (χ0v) is 19.3. The summed E-state index contributed by atoms with van der Waals surface area (Å²) >= 11 is 12.4. The summed E-state index contributed by atoms with van der Waals surface area (Å²) in [7, 11) is 0. The van der Waals surface area contributed by atoms with E-state index in [1.165, 1.54) is 0 Å². The molecule has 1 aliphatic rings. The fraction of sp³-hybridized carbons (Fsp3) is 0.429. The Labute approximate surface area is 191 Å². The Morgan fingerprint density at radius 2 is 2.03 bits per heavy atom. The summed E-state index contributed by atoms with van der Waals surface area (Å²) < 4.78 is 6.87. The average Bonchev–Trinajstić information content (AvgIpc) is 2.98. The number of aromatic nitrogens is 2. The molecule has 31 heavy (non-hydrogen) atoms. The third kappa shape index (κ3) is 6.29. The number of benzene rings is 1. The van der Waals surface area contributed by atoms with Crippen LogP contribution < -0.4 is 16.4 Å². The van der Waals surface area contributed by atoms with Gasteiger partial charge in [0.05, 0.1) is 34.5 Å². The molecule has 3 N–H and O–H groups in total. The molecule has 0 aliphatic carbocycles. The van der Waals surface area contributed by atoms with Crippen LogP contribution in [-0.2, 0) is 17.8 Å². The molecule has 0 saturated carbocycles. The number of carbonyl (C=O) groups excluding carboxylic acids is 1. The molecule has 0 radical (unpaired) electrons. The second-order valence-electron chi connectivity index (χ2n) is 8.22. The van der Waals surface area contributed by atoms with E-state index in [9.17, 15) is 9.59 Å². The Balaban J connectivity index is 1.54. The van der Waals surface area contributed by atoms with Crippen LogP contribution in [0.25, 0.3) is 6.08 Å². The molecule has 3 rings (SSSR count). The number of amides is 1. The molecule has 10 heteroatoms. The number of hydrogen-bond donors (Lipinski definition) is 3. The first-order valence-corrected chi connectivity index (χ1v) is 10.8. The Morgan fingerprint density at radius 1 is 1.26 bits per heavy atom. The van der Waals surface area contributed by atoms with Crippen molar-refractivity contribution in [1.29, 1.82) is 0 Å². The third-order valence-electron chi connectivity index (χ3n) is 4.56. The summed E-state index contributed by atoms with van der Waals surface area (Å²) in [5.74, 6) is 0. The van der Waals surface area contributed by atoms with Crippen LogP contribution in [0.1, 0.15) is 44.1 Å². The van der Waals surface area contributed by atoms with Gasteiger partial charge in [0.15, 0.2) is 0 Å². The van der Waals surface area contributed by atoms with Crippen molar-refractivity contribution in [2.45, 2.75) is 45.9 Å². The highest BCUT2D eigenvalue weighted by Gasteiger charge is 2.19. The van der Waals surface area contributed by atoms with E-state index in [4.69, 9.17) is 27.9 Å². The number of nitrogens with one attached hydrogen (secondary N) is 3. The van der Waals surface area contributed by atoms with Gasteiger partial charge in [-0.25, -0.2) is 15.0 Å². The quantitative estimate of drug-likeness (QED) is 0.539. The topological polar surface area (TPSA) is 91.4 Å². The van der Waals surface area contributed by atoms with E-state index in [-0.39, 0.29) is 5.69 Å². The van der Waals surface area contributed by atoms with Crippen LogP contribution in [0.4, 0.5) is 4.79 Å². The highest BCUT2D eigenvalue weighted by atomic mass is 35.5. The molecule has 0 unspecified atom stereocenters. The van der Waals surface area contributed by atoms with Crippen LogP contribution in [0.3, 0.4) is 0 Å². The van der Waals surface area contributed by atoms with Gasteiger partial charge in [0.2, 0.25) is 0 Å². The standard InChI is InChI=1S/C21H27Cl2N5O3/c1-21(2,3)31-20(30)24-9-5-10-25-27-11-8-16-17(13-27)28(19(29)26-16)12-14-6-4-7-15(22)18(14)23/h4,6-8,11,25H,5,9-10,12-13H2,1-3H3,(H,24,30)(H,26,29). The first kappa shape index (κ1) is 23.2. The highest BCUT2D eigenvalue weighted by Crippen LogP contribution is 2.27. The first-order valence-electron chi connectivity index (χ1n) is 10.0. The number of carbonyl (C=O) groups is 1. The lowest BCUT2D eigenvalue weighted by atomic mass is 10.2. The summed E-state index contributed by atoms with van der Waals surface area (Å²) in [5, 5.41) is 5.54. The molecule has 0 fully saturated rings. The van der Waals surface area contributed by atoms with Crippen molar-refractivity contribution in [2.24, 2.45) is 0 Å². The molecule has 1 aromatic heterocycles. The van der Waals surface area contributed by atoms with Crippen LogP contribution in [0.15, 0.2) is 29.2 Å². The second-order valence-corrected chi connectivity index (χ2v) is 9.01. The van der Waals surface area contributed by atoms with Crippen molar-refractivity contribution in [2.75, 3.05) is 13.1 Å². The van der Waals surface area contributed by atoms with Gasteiger partial charge in [-0.05, 0) is 44.9 Å². The minimum atomic E-state index is -0.514. The molecule has 1 aliphatic heterocycles. The first-order chi connectivity index (χ1) is 14.6. The Hall–Kier alpha value is -2.42. The van der Waals surface area contributed by atoms with Gasteiger partial charge in [0.1, 0.15) is 5.60 Å². The zero-order valence-electron chi connectivity index (χ0n) is 17.8. The summed E-state index contributed by atoms with van der Waals surface area (Å²) in [4.78, 5) is 27.0. The lowest BCUT2D eigenvalue weighted by molar-refractivity contribution is 0.0526. The molecule has 1 aromatic carbocycles. The van der Waals surface area contributed by atoms with Gasteiger partial charge in [0.25, 0.3) is 0 Å². The van der Waals surface area contributed by atoms with Crippen LogP contribution in [0.2, 0.25) is 10.0 Å². The van der Waals surface area contributed by atoms with E-state index in [1.54, 1.807) is 10.6 Å². The molecular weight excluding hydrogens is 441 g/mol. The van der Waals surface area contributed by atoms with Crippen LogP contribution in [0.5, 0.6) is 0 Å². The molecular formula is C21H27Cl2N5O3. The van der Waals surface area contributed by atoms with Gasteiger partial charge in [0, 0.05) is 19.3 Å². The number of aromatic amines is 1. The number of ether oxygens (including phenoxy) is 1. The largest absolute Gasteiger partial charge is 0.444 e. The van der Waals surface area contributed by atoms with E-state index in [0.29, 0.717) is 42.6 Å². The zero-order chi connectivity index (χ0) is 22.6. The van der Waals surface area contributed by atoms with Crippen molar-refractivity contribution in [3.05, 3.63) is 61.9 Å². The molecule has 0 bridgehead atoms. The maximum absolute atomic E-state index is 12.5. The van der Waals surface area contributed by atoms with Gasteiger partial charge < -0.3 is 20.0 Å². The summed E-state index contributed by atoms with van der Waals surface area (Å²) in [5.41, 5.74) is 4.97. The van der Waals surface area contributed by atoms with Crippen molar-refractivity contribution in [3.63, 3.8) is 0 Å². The number of imidazole rings is 1. The van der Waals surface area contributed by atoms with Gasteiger partial charge in [-0.1, -0.05) is 35.3 Å². The highest BCUT2D eigenvalue weighted by molar-refractivity contribution is 6.42. The number of nitrogens with zero attached hydrogens (tertiary/aromatic N) is 2. The van der Waals surface area contributed by atoms with Gasteiger partial charge >= 0.3 is 11.8 Å². The maximum atomic E-state index is 12.5. The Kier molecular flexibility index (Phi) is 7.35. The molecule has 1 amide bonds. The van der Waals surface area contributed by atoms with E-state index in [0.717, 1.165) is 17.0 Å². The number of halogens is 2. The molecule has 8 nitrogen and oxygen atoms in total. The number of alkyl carbamates (subject to hydrolysis) is 1. The number of H-pyrrole nitrogens is 1. The average molecular weight is 468 g/mol. The second kappa shape index (κ2) is 9.80. The summed E-state index contributed by atoms with van der Waals surface area (Å²) in [6.45, 7) is 7.44. The van der Waals surface area contributed by atoms with Crippen molar-refractivity contribution in [1.82, 2.24) is 25.3 Å². The van der Waals surface area contributed by atoms with E-state index in [1.807, 2.05) is 50.2 Å². The Bertz CT molecular complexity index is 1020. The van der Waals surface area contributed by atoms with E-state index >= 15 is 0 Å². The molecule has 0 atom stereocenters. The number of hydrazine groups is 1. The number of hydrogen-bond acceptors (Lipinski definition) is 5. The monoisotopic (exact) mass is 467 g/mol. The van der Waals surface area contributed by atoms with Crippen molar-refractivity contribution in [3.8, 4) is 0 Å². The normalized spacial score (nSPS) is 13.3. The predicted octanol–water partition coefficient (Wildman–Crippen LogP) is 3.74. The van der Waals surface area contributed by atoms with Crippen molar-refractivity contribution >= 4 is 35.4 Å². The minimum Gasteiger partial charge on any atom is -0.444 e. The molecule has 168 valence electrons. The Morgan fingerprint density at radius 3 is 2.77 bits per heavy atom. The fourth-order valence-corrected chi connectivity index (χ4v) is 3.52. The van der Waals surface area contributed by atoms with Crippen LogP contribution in [-0.4, -0.2) is 39.3 Å². The van der Waals surface area contributed by atoms with Crippen LogP contribution in [0, 0.1) is 0 Å². The van der Waals surface area contributed by atoms with Gasteiger partial charge in [-0.3, -0.25) is 4.57 Å². The lowest BCUT2D eigenvalue weighted by Crippen LogP contribution is -2.38. The predicted molar refractivity (Wildman–Crippen MR) is 122 cm³/mol. The van der Waals surface area contributed by atoms with Crippen LogP contribution >= 0.6 is 23.2 Å². The maximum Gasteiger partial charge on any atom is 0.407 e. The SMILES string of the molecule is CC(C)(C)OC(=O)NCCCNN1C=Cc2[nH]c(=O)n(Cc3cccc(Cl)c3Cl)c2C1. The lowest BCUT2D eigenvalue weighted by Gasteiger charge is -2.25. The van der Waals surface area contributed by atoms with E-state index in [2.05, 4.69) is 15.7 Å². The number of fused-ring (bicyclic) bond motifs is 1.